The second kappa shape index (κ2) is 6.03. The van der Waals surface area contributed by atoms with Gasteiger partial charge in [-0.2, -0.15) is 0 Å². The van der Waals surface area contributed by atoms with E-state index < -0.39 is 0 Å². The number of imidazole rings is 1. The van der Waals surface area contributed by atoms with Crippen molar-refractivity contribution < 1.29 is 4.92 Å². The molecule has 0 radical (unpaired) electrons. The van der Waals surface area contributed by atoms with Crippen LogP contribution in [0.3, 0.4) is 0 Å². The first-order valence-corrected chi connectivity index (χ1v) is 7.98. The minimum absolute atomic E-state index is 0.148. The van der Waals surface area contributed by atoms with Crippen LogP contribution in [-0.2, 0) is 13.0 Å². The maximum atomic E-state index is 11.0. The zero-order chi connectivity index (χ0) is 17.4. The van der Waals surface area contributed by atoms with Gasteiger partial charge in [-0.05, 0) is 44.0 Å². The number of benzene rings is 1. The van der Waals surface area contributed by atoms with Crippen LogP contribution < -0.4 is 0 Å². The molecule has 6 heteroatoms. The Hall–Kier alpha value is -2.76. The first kappa shape index (κ1) is 16.1. The fourth-order valence-corrected chi connectivity index (χ4v) is 3.09. The second-order valence-electron chi connectivity index (χ2n) is 6.10. The van der Waals surface area contributed by atoms with Gasteiger partial charge in [-0.25, -0.2) is 9.97 Å². The molecule has 0 unspecified atom stereocenters. The summed E-state index contributed by atoms with van der Waals surface area (Å²) in [6, 6.07) is 7.28. The number of nitro benzene ring substituents is 1. The average Bonchev–Trinajstić information content (AvgIpc) is 2.85. The molecule has 0 spiro atoms. The van der Waals surface area contributed by atoms with E-state index in [0.717, 1.165) is 40.2 Å². The fourth-order valence-electron chi connectivity index (χ4n) is 3.09. The summed E-state index contributed by atoms with van der Waals surface area (Å²) in [5, 5.41) is 11.0. The third kappa shape index (κ3) is 2.75. The lowest BCUT2D eigenvalue weighted by atomic mass is 10.1. The van der Waals surface area contributed by atoms with Crippen molar-refractivity contribution in [3.8, 4) is 0 Å². The summed E-state index contributed by atoms with van der Waals surface area (Å²) in [6.07, 6.45) is 0.806. The molecule has 2 aromatic heterocycles. The van der Waals surface area contributed by atoms with Gasteiger partial charge in [-0.15, -0.1) is 0 Å². The number of fused-ring (bicyclic) bond motifs is 1. The topological polar surface area (TPSA) is 73.8 Å². The summed E-state index contributed by atoms with van der Waals surface area (Å²) in [7, 11) is 0. The number of nitrogens with zero attached hydrogens (tertiary/aromatic N) is 4. The van der Waals surface area contributed by atoms with E-state index >= 15 is 0 Å². The summed E-state index contributed by atoms with van der Waals surface area (Å²) in [5.74, 6) is 0.974. The van der Waals surface area contributed by atoms with Crippen molar-refractivity contribution in [3.63, 3.8) is 0 Å². The van der Waals surface area contributed by atoms with Crippen LogP contribution in [0.25, 0.3) is 11.2 Å². The Morgan fingerprint density at radius 3 is 2.50 bits per heavy atom. The molecule has 0 saturated heterocycles. The first-order chi connectivity index (χ1) is 11.4. The molecule has 0 aliphatic rings. The molecule has 2 heterocycles. The lowest BCUT2D eigenvalue weighted by molar-refractivity contribution is -0.385. The molecule has 24 heavy (non-hydrogen) atoms. The number of aromatic nitrogens is 3. The molecule has 3 aromatic rings. The lowest BCUT2D eigenvalue weighted by Crippen LogP contribution is -2.06. The molecular weight excluding hydrogens is 304 g/mol. The summed E-state index contributed by atoms with van der Waals surface area (Å²) in [6.45, 7) is 8.46. The lowest BCUT2D eigenvalue weighted by Gasteiger charge is -2.09. The van der Waals surface area contributed by atoms with Crippen LogP contribution >= 0.6 is 0 Å². The SMILES string of the molecule is CCc1nc2c(C)cc(C)nc2n1Cc1ccc([N+](=O)[O-])c(C)c1. The van der Waals surface area contributed by atoms with Crippen LogP contribution in [0.2, 0.25) is 0 Å². The number of aryl methyl sites for hydroxylation is 4. The van der Waals surface area contributed by atoms with Crippen molar-refractivity contribution in [2.75, 3.05) is 0 Å². The third-order valence-corrected chi connectivity index (χ3v) is 4.22. The van der Waals surface area contributed by atoms with E-state index in [-0.39, 0.29) is 10.6 Å². The van der Waals surface area contributed by atoms with Crippen LogP contribution in [0, 0.1) is 30.9 Å². The molecule has 0 bridgehead atoms. The molecule has 0 aliphatic carbocycles. The van der Waals surface area contributed by atoms with Crippen molar-refractivity contribution >= 4 is 16.9 Å². The number of hydrogen-bond donors (Lipinski definition) is 0. The highest BCUT2D eigenvalue weighted by molar-refractivity contribution is 5.76. The van der Waals surface area contributed by atoms with E-state index in [1.807, 2.05) is 26.0 Å². The van der Waals surface area contributed by atoms with E-state index in [4.69, 9.17) is 4.98 Å². The van der Waals surface area contributed by atoms with Gasteiger partial charge in [-0.1, -0.05) is 13.0 Å². The van der Waals surface area contributed by atoms with Crippen molar-refractivity contribution in [1.29, 1.82) is 0 Å². The monoisotopic (exact) mass is 324 g/mol. The van der Waals surface area contributed by atoms with Gasteiger partial charge in [0.2, 0.25) is 0 Å². The van der Waals surface area contributed by atoms with E-state index in [9.17, 15) is 10.1 Å². The number of pyridine rings is 1. The molecule has 0 fully saturated rings. The summed E-state index contributed by atoms with van der Waals surface area (Å²) in [5.41, 5.74) is 5.70. The molecule has 0 atom stereocenters. The van der Waals surface area contributed by atoms with Gasteiger partial charge in [0.1, 0.15) is 11.3 Å². The van der Waals surface area contributed by atoms with Gasteiger partial charge in [0.25, 0.3) is 5.69 Å². The number of nitro groups is 1. The van der Waals surface area contributed by atoms with E-state index in [1.54, 1.807) is 19.1 Å². The fraction of sp³-hybridized carbons (Fsp3) is 0.333. The summed E-state index contributed by atoms with van der Waals surface area (Å²) < 4.78 is 2.11. The van der Waals surface area contributed by atoms with E-state index in [2.05, 4.69) is 16.5 Å². The van der Waals surface area contributed by atoms with Gasteiger partial charge >= 0.3 is 0 Å². The molecule has 1 aromatic carbocycles. The average molecular weight is 324 g/mol. The smallest absolute Gasteiger partial charge is 0.272 e. The molecule has 0 aliphatic heterocycles. The quantitative estimate of drug-likeness (QED) is 0.539. The molecule has 0 N–H and O–H groups in total. The Balaban J connectivity index is 2.09. The second-order valence-corrected chi connectivity index (χ2v) is 6.10. The molecule has 0 saturated carbocycles. The van der Waals surface area contributed by atoms with Crippen LogP contribution in [0.5, 0.6) is 0 Å². The van der Waals surface area contributed by atoms with Crippen LogP contribution in [0.4, 0.5) is 5.69 Å². The van der Waals surface area contributed by atoms with Crippen molar-refractivity contribution in [1.82, 2.24) is 14.5 Å². The standard InChI is InChI=1S/C18H20N4O2/c1-5-16-20-17-12(3)8-13(4)19-18(17)21(16)10-14-6-7-15(22(23)24)11(2)9-14/h6-9H,5,10H2,1-4H3. The van der Waals surface area contributed by atoms with Gasteiger partial charge in [0.05, 0.1) is 11.5 Å². The Kier molecular flexibility index (Phi) is 4.05. The van der Waals surface area contributed by atoms with Crippen LogP contribution in [0.15, 0.2) is 24.3 Å². The zero-order valence-corrected chi connectivity index (χ0v) is 14.3. The Morgan fingerprint density at radius 2 is 1.88 bits per heavy atom. The predicted molar refractivity (Wildman–Crippen MR) is 93.3 cm³/mol. The summed E-state index contributed by atoms with van der Waals surface area (Å²) >= 11 is 0. The predicted octanol–water partition coefficient (Wildman–Crippen LogP) is 3.88. The highest BCUT2D eigenvalue weighted by Gasteiger charge is 2.15. The van der Waals surface area contributed by atoms with Crippen LogP contribution in [-0.4, -0.2) is 19.5 Å². The highest BCUT2D eigenvalue weighted by Crippen LogP contribution is 2.23. The molecule has 124 valence electrons. The maximum absolute atomic E-state index is 11.0. The van der Waals surface area contributed by atoms with Gasteiger partial charge in [-0.3, -0.25) is 10.1 Å². The minimum atomic E-state index is -0.350. The number of hydrogen-bond acceptors (Lipinski definition) is 4. The Bertz CT molecular complexity index is 944. The molecule has 6 nitrogen and oxygen atoms in total. The molecular formula is C18H20N4O2. The highest BCUT2D eigenvalue weighted by atomic mass is 16.6. The molecule has 0 amide bonds. The maximum Gasteiger partial charge on any atom is 0.272 e. The minimum Gasteiger partial charge on any atom is -0.308 e. The summed E-state index contributed by atoms with van der Waals surface area (Å²) in [4.78, 5) is 20.0. The normalized spacial score (nSPS) is 11.2. The van der Waals surface area contributed by atoms with Crippen LogP contribution in [0.1, 0.15) is 35.1 Å². The Labute approximate surface area is 140 Å². The Morgan fingerprint density at radius 1 is 1.12 bits per heavy atom. The third-order valence-electron chi connectivity index (χ3n) is 4.22. The van der Waals surface area contributed by atoms with Crippen molar-refractivity contribution in [2.45, 2.75) is 40.7 Å². The number of rotatable bonds is 4. The first-order valence-electron chi connectivity index (χ1n) is 7.98. The van der Waals surface area contributed by atoms with Gasteiger partial charge in [0, 0.05) is 23.7 Å². The van der Waals surface area contributed by atoms with Crippen molar-refractivity contribution in [2.24, 2.45) is 0 Å². The van der Waals surface area contributed by atoms with Crippen molar-refractivity contribution in [3.05, 3.63) is 62.6 Å². The molecule has 3 rings (SSSR count). The van der Waals surface area contributed by atoms with E-state index in [0.29, 0.717) is 12.1 Å². The largest absolute Gasteiger partial charge is 0.308 e. The van der Waals surface area contributed by atoms with Gasteiger partial charge in [0.15, 0.2) is 5.65 Å². The van der Waals surface area contributed by atoms with E-state index in [1.165, 1.54) is 0 Å². The zero-order valence-electron chi connectivity index (χ0n) is 14.3. The van der Waals surface area contributed by atoms with Gasteiger partial charge < -0.3 is 4.57 Å².